The number of carbonyl (C=O) groups excluding carboxylic acids is 1. The minimum atomic E-state index is -0.439. The standard InChI is InChI=1S/C26H32BN3O4/c1-19-17-21(27-33-25(2,3)26(4,5)34-27)11-12-22(19)29-24(31)23-13-14-28-30(23)15-16-32-18-20-9-7-6-8-10-20/h6-14,17H,15-16,18H2,1-5H3,(H,29,31). The average Bonchev–Trinajstić information content (AvgIpc) is 3.34. The van der Waals surface area contributed by atoms with Crippen molar-refractivity contribution in [2.24, 2.45) is 0 Å². The van der Waals surface area contributed by atoms with Gasteiger partial charge in [0.1, 0.15) is 5.69 Å². The monoisotopic (exact) mass is 461 g/mol. The van der Waals surface area contributed by atoms with E-state index in [0.717, 1.165) is 22.3 Å². The summed E-state index contributed by atoms with van der Waals surface area (Å²) >= 11 is 0. The molecule has 34 heavy (non-hydrogen) atoms. The zero-order valence-corrected chi connectivity index (χ0v) is 20.5. The normalized spacial score (nSPS) is 16.6. The van der Waals surface area contributed by atoms with E-state index in [0.29, 0.717) is 25.5 Å². The first kappa shape index (κ1) is 24.2. The van der Waals surface area contributed by atoms with Crippen LogP contribution >= 0.6 is 0 Å². The van der Waals surface area contributed by atoms with E-state index in [4.69, 9.17) is 14.0 Å². The number of anilines is 1. The van der Waals surface area contributed by atoms with Gasteiger partial charge in [0.05, 0.1) is 31.0 Å². The van der Waals surface area contributed by atoms with Crippen LogP contribution in [-0.4, -0.2) is 40.6 Å². The van der Waals surface area contributed by atoms with E-state index in [2.05, 4.69) is 10.4 Å². The number of hydrogen-bond acceptors (Lipinski definition) is 5. The van der Waals surface area contributed by atoms with Crippen molar-refractivity contribution in [3.05, 3.63) is 77.6 Å². The van der Waals surface area contributed by atoms with Gasteiger partial charge < -0.3 is 19.4 Å². The van der Waals surface area contributed by atoms with Crippen LogP contribution < -0.4 is 10.8 Å². The number of amides is 1. The summed E-state index contributed by atoms with van der Waals surface area (Å²) in [6.45, 7) is 11.6. The fourth-order valence-electron chi connectivity index (χ4n) is 3.76. The lowest BCUT2D eigenvalue weighted by Crippen LogP contribution is -2.41. The van der Waals surface area contributed by atoms with Crippen molar-refractivity contribution in [3.63, 3.8) is 0 Å². The molecule has 1 saturated heterocycles. The van der Waals surface area contributed by atoms with E-state index < -0.39 is 18.3 Å². The van der Waals surface area contributed by atoms with Crippen LogP contribution in [0.1, 0.15) is 49.3 Å². The van der Waals surface area contributed by atoms with Crippen LogP contribution in [0.5, 0.6) is 0 Å². The summed E-state index contributed by atoms with van der Waals surface area (Å²) in [6, 6.07) is 17.5. The SMILES string of the molecule is Cc1cc(B2OC(C)(C)C(C)(C)O2)ccc1NC(=O)c1ccnn1CCOCc1ccccc1. The van der Waals surface area contributed by atoms with Crippen LogP contribution in [0.15, 0.2) is 60.8 Å². The first-order chi connectivity index (χ1) is 16.2. The summed E-state index contributed by atoms with van der Waals surface area (Å²) in [6.07, 6.45) is 1.63. The van der Waals surface area contributed by atoms with Gasteiger partial charge in [-0.2, -0.15) is 5.10 Å². The molecule has 2 aromatic carbocycles. The quantitative estimate of drug-likeness (QED) is 0.406. The molecule has 1 aliphatic rings. The number of aromatic nitrogens is 2. The van der Waals surface area contributed by atoms with Gasteiger partial charge in [-0.05, 0) is 63.3 Å². The van der Waals surface area contributed by atoms with Crippen LogP contribution in [0.3, 0.4) is 0 Å². The van der Waals surface area contributed by atoms with E-state index in [9.17, 15) is 4.79 Å². The van der Waals surface area contributed by atoms with Crippen LogP contribution in [0.4, 0.5) is 5.69 Å². The number of ether oxygens (including phenoxy) is 1. The van der Waals surface area contributed by atoms with Gasteiger partial charge in [-0.3, -0.25) is 9.48 Å². The molecule has 1 N–H and O–H groups in total. The molecule has 0 bridgehead atoms. The van der Waals surface area contributed by atoms with Crippen LogP contribution in [0, 0.1) is 6.92 Å². The van der Waals surface area contributed by atoms with E-state index in [1.54, 1.807) is 16.9 Å². The molecule has 178 valence electrons. The minimum Gasteiger partial charge on any atom is -0.399 e. The second-order valence-corrected chi connectivity index (χ2v) is 9.59. The molecule has 1 aromatic heterocycles. The van der Waals surface area contributed by atoms with Gasteiger partial charge in [0.15, 0.2) is 0 Å². The van der Waals surface area contributed by atoms with Crippen molar-refractivity contribution in [1.29, 1.82) is 0 Å². The molecule has 1 fully saturated rings. The Balaban J connectivity index is 1.36. The van der Waals surface area contributed by atoms with Crippen molar-refractivity contribution in [1.82, 2.24) is 9.78 Å². The van der Waals surface area contributed by atoms with E-state index in [-0.39, 0.29) is 5.91 Å². The van der Waals surface area contributed by atoms with Crippen molar-refractivity contribution in [2.45, 2.75) is 59.0 Å². The third kappa shape index (κ3) is 5.25. The number of benzene rings is 2. The van der Waals surface area contributed by atoms with E-state index >= 15 is 0 Å². The summed E-state index contributed by atoms with van der Waals surface area (Å²) in [5, 5.41) is 7.28. The Bertz CT molecular complexity index is 1130. The smallest absolute Gasteiger partial charge is 0.399 e. The topological polar surface area (TPSA) is 74.6 Å². The number of nitrogens with one attached hydrogen (secondary N) is 1. The van der Waals surface area contributed by atoms with Gasteiger partial charge in [-0.15, -0.1) is 0 Å². The Labute approximate surface area is 201 Å². The molecule has 7 nitrogen and oxygen atoms in total. The highest BCUT2D eigenvalue weighted by Gasteiger charge is 2.51. The van der Waals surface area contributed by atoms with Gasteiger partial charge in [0, 0.05) is 11.9 Å². The lowest BCUT2D eigenvalue weighted by atomic mass is 9.78. The molecular weight excluding hydrogens is 429 g/mol. The predicted molar refractivity (Wildman–Crippen MR) is 133 cm³/mol. The second kappa shape index (κ2) is 9.74. The lowest BCUT2D eigenvalue weighted by Gasteiger charge is -2.32. The highest BCUT2D eigenvalue weighted by molar-refractivity contribution is 6.62. The molecule has 0 spiro atoms. The molecule has 3 aromatic rings. The highest BCUT2D eigenvalue weighted by atomic mass is 16.7. The van der Waals surface area contributed by atoms with Crippen LogP contribution in [0.25, 0.3) is 0 Å². The summed E-state index contributed by atoms with van der Waals surface area (Å²) in [5.41, 5.74) is 3.38. The number of aryl methyl sites for hydroxylation is 1. The zero-order valence-electron chi connectivity index (χ0n) is 20.5. The first-order valence-electron chi connectivity index (χ1n) is 11.6. The Morgan fingerprint density at radius 2 is 1.76 bits per heavy atom. The van der Waals surface area contributed by atoms with Gasteiger partial charge >= 0.3 is 7.12 Å². The lowest BCUT2D eigenvalue weighted by molar-refractivity contribution is 0.00578. The third-order valence-corrected chi connectivity index (χ3v) is 6.53. The van der Waals surface area contributed by atoms with E-state index in [1.165, 1.54) is 0 Å². The Morgan fingerprint density at radius 1 is 1.06 bits per heavy atom. The van der Waals surface area contributed by atoms with Crippen molar-refractivity contribution in [3.8, 4) is 0 Å². The number of rotatable bonds is 8. The summed E-state index contributed by atoms with van der Waals surface area (Å²) < 4.78 is 19.7. The molecule has 0 atom stereocenters. The molecule has 1 amide bonds. The number of carbonyl (C=O) groups is 1. The molecule has 1 aliphatic heterocycles. The van der Waals surface area contributed by atoms with E-state index in [1.807, 2.05) is 83.1 Å². The Kier molecular flexibility index (Phi) is 6.93. The minimum absolute atomic E-state index is 0.216. The number of nitrogens with zero attached hydrogens (tertiary/aromatic N) is 2. The van der Waals surface area contributed by atoms with Crippen LogP contribution in [-0.2, 0) is 27.2 Å². The van der Waals surface area contributed by atoms with Crippen molar-refractivity contribution in [2.75, 3.05) is 11.9 Å². The molecular formula is C26H32BN3O4. The van der Waals surface area contributed by atoms with Crippen LogP contribution in [0.2, 0.25) is 0 Å². The highest BCUT2D eigenvalue weighted by Crippen LogP contribution is 2.36. The maximum atomic E-state index is 13.0. The van der Waals surface area contributed by atoms with Gasteiger partial charge in [0.2, 0.25) is 0 Å². The Hall–Kier alpha value is -2.94. The molecule has 0 aliphatic carbocycles. The van der Waals surface area contributed by atoms with Gasteiger partial charge in [-0.1, -0.05) is 42.5 Å². The van der Waals surface area contributed by atoms with Gasteiger partial charge in [-0.25, -0.2) is 0 Å². The fourth-order valence-corrected chi connectivity index (χ4v) is 3.76. The predicted octanol–water partition coefficient (Wildman–Crippen LogP) is 3.96. The molecule has 0 unspecified atom stereocenters. The number of hydrogen-bond donors (Lipinski definition) is 1. The third-order valence-electron chi connectivity index (χ3n) is 6.53. The van der Waals surface area contributed by atoms with Crippen molar-refractivity contribution < 1.29 is 18.8 Å². The average molecular weight is 461 g/mol. The molecule has 4 rings (SSSR count). The summed E-state index contributed by atoms with van der Waals surface area (Å²) in [4.78, 5) is 13.0. The van der Waals surface area contributed by atoms with Gasteiger partial charge in [0.25, 0.3) is 5.91 Å². The molecule has 0 radical (unpaired) electrons. The Morgan fingerprint density at radius 3 is 2.44 bits per heavy atom. The molecule has 2 heterocycles. The molecule has 0 saturated carbocycles. The maximum Gasteiger partial charge on any atom is 0.494 e. The maximum absolute atomic E-state index is 13.0. The second-order valence-electron chi connectivity index (χ2n) is 9.59. The summed E-state index contributed by atoms with van der Waals surface area (Å²) in [5.74, 6) is -0.216. The first-order valence-corrected chi connectivity index (χ1v) is 11.6. The summed E-state index contributed by atoms with van der Waals surface area (Å²) in [7, 11) is -0.439. The van der Waals surface area contributed by atoms with Crippen molar-refractivity contribution >= 4 is 24.2 Å². The largest absolute Gasteiger partial charge is 0.494 e. The molecule has 8 heteroatoms. The zero-order chi connectivity index (χ0) is 24.3. The fraction of sp³-hybridized carbons (Fsp3) is 0.385.